The molecule has 0 aliphatic carbocycles. The fraction of sp³-hybridized carbons (Fsp3) is 0.550. The smallest absolute Gasteiger partial charge is 0.194 e. The molecule has 1 aromatic heterocycles. The minimum Gasteiger partial charge on any atom is -0.376 e. The largest absolute Gasteiger partial charge is 0.376 e. The van der Waals surface area contributed by atoms with Crippen molar-refractivity contribution in [3.63, 3.8) is 0 Å². The van der Waals surface area contributed by atoms with Crippen molar-refractivity contribution in [3.8, 4) is 0 Å². The predicted octanol–water partition coefficient (Wildman–Crippen LogP) is 2.24. The van der Waals surface area contributed by atoms with Gasteiger partial charge in [0, 0.05) is 39.7 Å². The number of halogens is 1. The van der Waals surface area contributed by atoms with Crippen LogP contribution < -0.4 is 5.32 Å². The van der Waals surface area contributed by atoms with Gasteiger partial charge in [0.1, 0.15) is 18.0 Å². The van der Waals surface area contributed by atoms with Gasteiger partial charge in [-0.1, -0.05) is 19.1 Å². The zero-order valence-electron chi connectivity index (χ0n) is 16.6. The molecule has 1 saturated heterocycles. The Labute approximate surface area is 165 Å². The van der Waals surface area contributed by atoms with Crippen LogP contribution in [0.2, 0.25) is 0 Å². The van der Waals surface area contributed by atoms with Crippen molar-refractivity contribution in [2.45, 2.75) is 45.4 Å². The molecule has 0 amide bonds. The number of nitrogens with one attached hydrogen (secondary N) is 1. The lowest BCUT2D eigenvalue weighted by Gasteiger charge is -2.23. The summed E-state index contributed by atoms with van der Waals surface area (Å²) in [4.78, 5) is 6.77. The first-order chi connectivity index (χ1) is 13.7. The van der Waals surface area contributed by atoms with Crippen molar-refractivity contribution in [1.29, 1.82) is 0 Å². The summed E-state index contributed by atoms with van der Waals surface area (Å²) in [5.74, 6) is 1.52. The Balaban J connectivity index is 1.62. The maximum Gasteiger partial charge on any atom is 0.194 e. The molecule has 1 fully saturated rings. The van der Waals surface area contributed by atoms with E-state index in [-0.39, 0.29) is 11.9 Å². The standard InChI is InChI=1S/C20H29FN6O/c1-3-19-25-24-15-27(19)10-9-22-20(23-13-18-8-5-11-28-18)26(2)14-16-6-4-7-17(21)12-16/h4,6-7,12,15,18H,3,5,8-11,13-14H2,1-2H3,(H,22,23). The second-order valence-electron chi connectivity index (χ2n) is 7.01. The molecule has 0 spiro atoms. The molecule has 152 valence electrons. The molecule has 2 aromatic rings. The summed E-state index contributed by atoms with van der Waals surface area (Å²) >= 11 is 0. The lowest BCUT2D eigenvalue weighted by molar-refractivity contribution is 0.117. The number of benzene rings is 1. The van der Waals surface area contributed by atoms with Crippen LogP contribution in [0.1, 0.15) is 31.2 Å². The van der Waals surface area contributed by atoms with Crippen molar-refractivity contribution < 1.29 is 9.13 Å². The third kappa shape index (κ3) is 5.76. The highest BCUT2D eigenvalue weighted by Gasteiger charge is 2.16. The summed E-state index contributed by atoms with van der Waals surface area (Å²) in [6.45, 7) is 5.53. The van der Waals surface area contributed by atoms with Gasteiger partial charge in [-0.25, -0.2) is 4.39 Å². The number of aliphatic imine (C=N–C) groups is 1. The molecule has 3 rings (SSSR count). The molecule has 1 atom stereocenters. The maximum atomic E-state index is 13.5. The second kappa shape index (κ2) is 10.2. The van der Waals surface area contributed by atoms with Crippen LogP contribution in [0.4, 0.5) is 4.39 Å². The van der Waals surface area contributed by atoms with Gasteiger partial charge in [0.15, 0.2) is 5.96 Å². The first-order valence-corrected chi connectivity index (χ1v) is 9.88. The van der Waals surface area contributed by atoms with Crippen LogP contribution in [-0.4, -0.2) is 58.5 Å². The number of nitrogens with zero attached hydrogens (tertiary/aromatic N) is 5. The third-order valence-corrected chi connectivity index (χ3v) is 4.79. The van der Waals surface area contributed by atoms with Gasteiger partial charge in [-0.05, 0) is 30.5 Å². The van der Waals surface area contributed by atoms with E-state index in [4.69, 9.17) is 9.73 Å². The molecule has 1 aliphatic rings. The quantitative estimate of drug-likeness (QED) is 0.555. The summed E-state index contributed by atoms with van der Waals surface area (Å²) < 4.78 is 21.2. The highest BCUT2D eigenvalue weighted by molar-refractivity contribution is 5.79. The number of hydrogen-bond donors (Lipinski definition) is 1. The van der Waals surface area contributed by atoms with E-state index in [9.17, 15) is 4.39 Å². The second-order valence-corrected chi connectivity index (χ2v) is 7.01. The lowest BCUT2D eigenvalue weighted by Crippen LogP contribution is -2.40. The van der Waals surface area contributed by atoms with E-state index in [1.807, 2.05) is 22.6 Å². The monoisotopic (exact) mass is 388 g/mol. The molecule has 8 heteroatoms. The van der Waals surface area contributed by atoms with Gasteiger partial charge in [0.25, 0.3) is 0 Å². The molecule has 1 aromatic carbocycles. The van der Waals surface area contributed by atoms with Crippen molar-refractivity contribution in [1.82, 2.24) is 25.0 Å². The molecule has 1 N–H and O–H groups in total. The predicted molar refractivity (Wildman–Crippen MR) is 107 cm³/mol. The Morgan fingerprint density at radius 1 is 1.46 bits per heavy atom. The lowest BCUT2D eigenvalue weighted by atomic mass is 10.2. The first kappa shape index (κ1) is 20.3. The van der Waals surface area contributed by atoms with E-state index in [1.54, 1.807) is 18.5 Å². The Morgan fingerprint density at radius 2 is 2.36 bits per heavy atom. The van der Waals surface area contributed by atoms with Crippen molar-refractivity contribution in [3.05, 3.63) is 47.8 Å². The van der Waals surface area contributed by atoms with Crippen LogP contribution in [0.25, 0.3) is 0 Å². The van der Waals surface area contributed by atoms with Crippen LogP contribution in [-0.2, 0) is 24.2 Å². The van der Waals surface area contributed by atoms with Gasteiger partial charge in [-0.3, -0.25) is 4.99 Å². The molecule has 0 radical (unpaired) electrons. The van der Waals surface area contributed by atoms with Crippen LogP contribution in [0.3, 0.4) is 0 Å². The van der Waals surface area contributed by atoms with Gasteiger partial charge >= 0.3 is 0 Å². The van der Waals surface area contributed by atoms with Gasteiger partial charge < -0.3 is 19.5 Å². The maximum absolute atomic E-state index is 13.5. The fourth-order valence-electron chi connectivity index (χ4n) is 3.30. The Kier molecular flexibility index (Phi) is 7.36. The summed E-state index contributed by atoms with van der Waals surface area (Å²) in [7, 11) is 1.96. The minimum absolute atomic E-state index is 0.184. The molecule has 2 heterocycles. The van der Waals surface area contributed by atoms with Crippen molar-refractivity contribution >= 4 is 5.96 Å². The Hall–Kier alpha value is -2.48. The van der Waals surface area contributed by atoms with Crippen LogP contribution >= 0.6 is 0 Å². The molecule has 0 bridgehead atoms. The number of rotatable bonds is 8. The molecule has 1 aliphatic heterocycles. The fourth-order valence-corrected chi connectivity index (χ4v) is 3.30. The van der Waals surface area contributed by atoms with Gasteiger partial charge in [-0.2, -0.15) is 0 Å². The van der Waals surface area contributed by atoms with Gasteiger partial charge in [0.2, 0.25) is 0 Å². The number of ether oxygens (including phenoxy) is 1. The third-order valence-electron chi connectivity index (χ3n) is 4.79. The summed E-state index contributed by atoms with van der Waals surface area (Å²) in [5.41, 5.74) is 0.904. The summed E-state index contributed by atoms with van der Waals surface area (Å²) in [5, 5.41) is 11.5. The molecular formula is C20H29FN6O. The normalized spacial score (nSPS) is 17.1. The van der Waals surface area contributed by atoms with Gasteiger partial charge in [0.05, 0.1) is 12.6 Å². The molecular weight excluding hydrogens is 359 g/mol. The zero-order valence-corrected chi connectivity index (χ0v) is 16.6. The van der Waals surface area contributed by atoms with E-state index in [1.165, 1.54) is 6.07 Å². The summed E-state index contributed by atoms with van der Waals surface area (Å²) in [6.07, 6.45) is 4.92. The number of aromatic nitrogens is 3. The minimum atomic E-state index is -0.226. The molecule has 0 saturated carbocycles. The van der Waals surface area contributed by atoms with E-state index >= 15 is 0 Å². The van der Waals surface area contributed by atoms with E-state index in [0.29, 0.717) is 19.6 Å². The highest BCUT2D eigenvalue weighted by atomic mass is 19.1. The molecule has 28 heavy (non-hydrogen) atoms. The zero-order chi connectivity index (χ0) is 19.8. The van der Waals surface area contributed by atoms with Crippen molar-refractivity contribution in [2.24, 2.45) is 4.99 Å². The molecule has 1 unspecified atom stereocenters. The molecule has 7 nitrogen and oxygen atoms in total. The SMILES string of the molecule is CCc1nncn1CCNC(=NCC1CCCO1)N(C)Cc1cccc(F)c1. The van der Waals surface area contributed by atoms with Crippen LogP contribution in [0, 0.1) is 5.82 Å². The van der Waals surface area contributed by atoms with Crippen LogP contribution in [0.15, 0.2) is 35.6 Å². The number of guanidine groups is 1. The van der Waals surface area contributed by atoms with E-state index in [0.717, 1.165) is 49.8 Å². The van der Waals surface area contributed by atoms with Crippen molar-refractivity contribution in [2.75, 3.05) is 26.7 Å². The van der Waals surface area contributed by atoms with Gasteiger partial charge in [-0.15, -0.1) is 10.2 Å². The van der Waals surface area contributed by atoms with Crippen LogP contribution in [0.5, 0.6) is 0 Å². The van der Waals surface area contributed by atoms with E-state index < -0.39 is 0 Å². The highest BCUT2D eigenvalue weighted by Crippen LogP contribution is 2.12. The Morgan fingerprint density at radius 3 is 3.11 bits per heavy atom. The van der Waals surface area contributed by atoms with E-state index in [2.05, 4.69) is 22.4 Å². The Bertz CT molecular complexity index is 772. The number of hydrogen-bond acceptors (Lipinski definition) is 4. The topological polar surface area (TPSA) is 67.6 Å². The first-order valence-electron chi connectivity index (χ1n) is 9.88. The number of aryl methyl sites for hydroxylation is 1. The average Bonchev–Trinajstić information content (AvgIpc) is 3.36. The average molecular weight is 388 g/mol. The summed E-state index contributed by atoms with van der Waals surface area (Å²) in [6, 6.07) is 6.66.